The molecule has 0 aromatic heterocycles. The number of carbonyl (C=O) groups excluding carboxylic acids is 1. The lowest BCUT2D eigenvalue weighted by atomic mass is 10.0. The third-order valence-corrected chi connectivity index (χ3v) is 2.83. The molecule has 0 aliphatic carbocycles. The molecule has 7 heteroatoms. The smallest absolute Gasteiger partial charge is 0.383 e. The van der Waals surface area contributed by atoms with Gasteiger partial charge in [0, 0.05) is 5.56 Å². The van der Waals surface area contributed by atoms with E-state index in [-0.39, 0.29) is 28.4 Å². The first-order valence-corrected chi connectivity index (χ1v) is 5.82. The molecule has 2 rings (SSSR count). The summed E-state index contributed by atoms with van der Waals surface area (Å²) in [4.78, 5) is 23.0. The third kappa shape index (κ3) is 2.40. The van der Waals surface area contributed by atoms with Crippen molar-refractivity contribution >= 4 is 17.5 Å². The summed E-state index contributed by atoms with van der Waals surface area (Å²) >= 11 is 0. The number of carboxylic acid groups (broad SMARTS) is 1. The van der Waals surface area contributed by atoms with Crippen LogP contribution in [0.25, 0.3) is 5.57 Å². The third-order valence-electron chi connectivity index (χ3n) is 2.83. The van der Waals surface area contributed by atoms with Gasteiger partial charge in [0.1, 0.15) is 11.3 Å². The molecule has 1 aromatic carbocycles. The first-order chi connectivity index (χ1) is 10.0. The molecule has 21 heavy (non-hydrogen) atoms. The quantitative estimate of drug-likeness (QED) is 0.639. The number of para-hydroxylation sites is 1. The molecule has 110 valence electrons. The molecule has 0 amide bonds. The van der Waals surface area contributed by atoms with Crippen LogP contribution < -0.4 is 4.74 Å². The summed E-state index contributed by atoms with van der Waals surface area (Å²) in [6.45, 7) is 0. The fourth-order valence-corrected chi connectivity index (χ4v) is 1.93. The summed E-state index contributed by atoms with van der Waals surface area (Å²) in [6, 6.07) is 6.32. The fourth-order valence-electron chi connectivity index (χ4n) is 1.93. The maximum absolute atomic E-state index is 11.6. The van der Waals surface area contributed by atoms with Gasteiger partial charge < -0.3 is 24.4 Å². The van der Waals surface area contributed by atoms with Crippen LogP contribution in [-0.2, 0) is 19.1 Å². The van der Waals surface area contributed by atoms with Crippen molar-refractivity contribution in [3.05, 3.63) is 47.1 Å². The average Bonchev–Trinajstić information content (AvgIpc) is 2.74. The molecule has 0 radical (unpaired) electrons. The maximum atomic E-state index is 11.6. The van der Waals surface area contributed by atoms with Crippen LogP contribution in [0.5, 0.6) is 5.75 Å². The van der Waals surface area contributed by atoms with Crippen molar-refractivity contribution in [1.29, 1.82) is 0 Å². The van der Waals surface area contributed by atoms with Gasteiger partial charge in [-0.15, -0.1) is 0 Å². The molecule has 1 aromatic rings. The molecule has 2 N–H and O–H groups in total. The van der Waals surface area contributed by atoms with Crippen molar-refractivity contribution in [3.8, 4) is 5.75 Å². The number of rotatable bonds is 4. The Morgan fingerprint density at radius 1 is 1.19 bits per heavy atom. The first kappa shape index (κ1) is 14.4. The zero-order chi connectivity index (χ0) is 15.6. The molecule has 0 atom stereocenters. The van der Waals surface area contributed by atoms with Crippen LogP contribution in [0.1, 0.15) is 5.56 Å². The van der Waals surface area contributed by atoms with Crippen LogP contribution in [0.3, 0.4) is 0 Å². The average molecular weight is 292 g/mol. The predicted molar refractivity (Wildman–Crippen MR) is 70.3 cm³/mol. The number of hydrogen-bond donors (Lipinski definition) is 2. The van der Waals surface area contributed by atoms with E-state index in [9.17, 15) is 19.8 Å². The molecule has 0 fully saturated rings. The summed E-state index contributed by atoms with van der Waals surface area (Å²) in [5.41, 5.74) is -0.152. The molecule has 7 nitrogen and oxygen atoms in total. The monoisotopic (exact) mass is 292 g/mol. The number of carbonyl (C=O) groups is 2. The summed E-state index contributed by atoms with van der Waals surface area (Å²) in [5.74, 6) is -3.62. The van der Waals surface area contributed by atoms with Crippen LogP contribution in [0.4, 0.5) is 0 Å². The number of hydrogen-bond acceptors (Lipinski definition) is 6. The van der Waals surface area contributed by atoms with E-state index in [4.69, 9.17) is 14.2 Å². The molecule has 0 saturated carbocycles. The zero-order valence-corrected chi connectivity index (χ0v) is 11.2. The van der Waals surface area contributed by atoms with Crippen molar-refractivity contribution in [2.24, 2.45) is 0 Å². The minimum atomic E-state index is -1.36. The number of aliphatic carboxylic acids is 1. The number of cyclic esters (lactones) is 1. The van der Waals surface area contributed by atoms with Crippen molar-refractivity contribution in [1.82, 2.24) is 0 Å². The second-order valence-electron chi connectivity index (χ2n) is 3.98. The SMILES string of the molecule is COC1=C(O)C(=O)O/C1=C(\C(=O)O)c1ccccc1OC. The molecule has 1 aliphatic heterocycles. The molecular weight excluding hydrogens is 280 g/mol. The topological polar surface area (TPSA) is 102 Å². The van der Waals surface area contributed by atoms with E-state index in [2.05, 4.69) is 0 Å². The molecule has 1 aliphatic rings. The second kappa shape index (κ2) is 5.58. The van der Waals surface area contributed by atoms with Gasteiger partial charge in [0.25, 0.3) is 0 Å². The van der Waals surface area contributed by atoms with Crippen molar-refractivity contribution in [2.45, 2.75) is 0 Å². The van der Waals surface area contributed by atoms with Gasteiger partial charge in [-0.2, -0.15) is 0 Å². The summed E-state index contributed by atoms with van der Waals surface area (Å²) in [7, 11) is 2.57. The number of ether oxygens (including phenoxy) is 3. The highest BCUT2D eigenvalue weighted by Crippen LogP contribution is 2.35. The van der Waals surface area contributed by atoms with E-state index in [0.29, 0.717) is 0 Å². The van der Waals surface area contributed by atoms with Gasteiger partial charge in [-0.05, 0) is 6.07 Å². The van der Waals surface area contributed by atoms with Gasteiger partial charge in [-0.25, -0.2) is 9.59 Å². The Morgan fingerprint density at radius 3 is 2.43 bits per heavy atom. The van der Waals surface area contributed by atoms with Crippen LogP contribution in [0, 0.1) is 0 Å². The Balaban J connectivity index is 2.73. The zero-order valence-electron chi connectivity index (χ0n) is 11.2. The van der Waals surface area contributed by atoms with Gasteiger partial charge in [-0.3, -0.25) is 0 Å². The lowest BCUT2D eigenvalue weighted by Crippen LogP contribution is -2.08. The Kier molecular flexibility index (Phi) is 3.84. The van der Waals surface area contributed by atoms with Gasteiger partial charge in [-0.1, -0.05) is 18.2 Å². The number of esters is 1. The van der Waals surface area contributed by atoms with Gasteiger partial charge in [0.05, 0.1) is 14.2 Å². The standard InChI is InChI=1S/C14H12O7/c1-19-8-6-4-3-5-7(8)9(13(16)17)11-12(20-2)10(15)14(18)21-11/h3-6,15H,1-2H3,(H,16,17)/b11-9-. The van der Waals surface area contributed by atoms with Gasteiger partial charge in [0.15, 0.2) is 5.76 Å². The molecular formula is C14H12O7. The first-order valence-electron chi connectivity index (χ1n) is 5.82. The molecule has 0 bridgehead atoms. The Bertz CT molecular complexity index is 670. The summed E-state index contributed by atoms with van der Waals surface area (Å²) in [6.07, 6.45) is 0. The molecule has 0 unspecified atom stereocenters. The van der Waals surface area contributed by atoms with Crippen LogP contribution in [0.15, 0.2) is 41.5 Å². The summed E-state index contributed by atoms with van der Waals surface area (Å²) < 4.78 is 14.8. The lowest BCUT2D eigenvalue weighted by Gasteiger charge is -2.11. The normalized spacial score (nSPS) is 16.6. The van der Waals surface area contributed by atoms with Gasteiger partial charge in [0.2, 0.25) is 11.5 Å². The Hall–Kier alpha value is -2.96. The maximum Gasteiger partial charge on any atom is 0.383 e. The Morgan fingerprint density at radius 2 is 1.86 bits per heavy atom. The van der Waals surface area contributed by atoms with Crippen LogP contribution >= 0.6 is 0 Å². The van der Waals surface area contributed by atoms with E-state index in [1.165, 1.54) is 20.3 Å². The number of methoxy groups -OCH3 is 2. The molecule has 0 spiro atoms. The predicted octanol–water partition coefficient (Wildman–Crippen LogP) is 1.46. The fraction of sp³-hybridized carbons (Fsp3) is 0.143. The summed E-state index contributed by atoms with van der Waals surface area (Å²) in [5, 5.41) is 19.0. The number of carboxylic acids is 1. The van der Waals surface area contributed by atoms with E-state index < -0.39 is 17.7 Å². The highest BCUT2D eigenvalue weighted by molar-refractivity contribution is 6.18. The molecule has 1 heterocycles. The number of aliphatic hydroxyl groups excluding tert-OH is 1. The molecule has 0 saturated heterocycles. The lowest BCUT2D eigenvalue weighted by molar-refractivity contribution is -0.135. The Labute approximate surface area is 119 Å². The minimum absolute atomic E-state index is 0.194. The van der Waals surface area contributed by atoms with Crippen molar-refractivity contribution in [3.63, 3.8) is 0 Å². The van der Waals surface area contributed by atoms with E-state index in [0.717, 1.165) is 0 Å². The van der Waals surface area contributed by atoms with Gasteiger partial charge >= 0.3 is 11.9 Å². The number of aliphatic hydroxyl groups is 1. The van der Waals surface area contributed by atoms with Crippen LogP contribution in [-0.4, -0.2) is 36.4 Å². The second-order valence-corrected chi connectivity index (χ2v) is 3.98. The largest absolute Gasteiger partial charge is 0.499 e. The van der Waals surface area contributed by atoms with Crippen molar-refractivity contribution in [2.75, 3.05) is 14.2 Å². The van der Waals surface area contributed by atoms with E-state index in [1.807, 2.05) is 0 Å². The van der Waals surface area contributed by atoms with E-state index in [1.54, 1.807) is 18.2 Å². The van der Waals surface area contributed by atoms with Crippen LogP contribution in [0.2, 0.25) is 0 Å². The van der Waals surface area contributed by atoms with E-state index >= 15 is 0 Å². The number of benzene rings is 1. The van der Waals surface area contributed by atoms with Crippen molar-refractivity contribution < 1.29 is 34.0 Å². The highest BCUT2D eigenvalue weighted by atomic mass is 16.6. The highest BCUT2D eigenvalue weighted by Gasteiger charge is 2.36. The minimum Gasteiger partial charge on any atom is -0.499 e.